The van der Waals surface area contributed by atoms with Crippen molar-refractivity contribution in [2.45, 2.75) is 26.6 Å². The van der Waals surface area contributed by atoms with E-state index in [0.29, 0.717) is 24.5 Å². The number of hydrogen-bond acceptors (Lipinski definition) is 5. The highest BCUT2D eigenvalue weighted by Crippen LogP contribution is 2.22. The minimum atomic E-state index is -0.111. The van der Waals surface area contributed by atoms with Crippen molar-refractivity contribution in [2.75, 3.05) is 13.7 Å². The Morgan fingerprint density at radius 2 is 2.09 bits per heavy atom. The van der Waals surface area contributed by atoms with Crippen LogP contribution in [0.2, 0.25) is 0 Å². The maximum absolute atomic E-state index is 11.5. The molecule has 1 amide bonds. The predicted octanol–water partition coefficient (Wildman–Crippen LogP) is 3.18. The molecule has 0 saturated carbocycles. The quantitative estimate of drug-likeness (QED) is 0.851. The van der Waals surface area contributed by atoms with Gasteiger partial charge in [0.05, 0.1) is 5.69 Å². The number of amides is 1. The van der Waals surface area contributed by atoms with Crippen molar-refractivity contribution < 1.29 is 14.3 Å². The highest BCUT2D eigenvalue weighted by molar-refractivity contribution is 7.09. The van der Waals surface area contributed by atoms with E-state index in [-0.39, 0.29) is 12.0 Å². The van der Waals surface area contributed by atoms with E-state index in [1.54, 1.807) is 42.6 Å². The van der Waals surface area contributed by atoms with Crippen LogP contribution in [0.5, 0.6) is 5.75 Å². The molecule has 1 aromatic carbocycles. The molecule has 0 radical (unpaired) electrons. The number of hydrogen-bond donors (Lipinski definition) is 1. The van der Waals surface area contributed by atoms with Crippen LogP contribution in [0.3, 0.4) is 0 Å². The van der Waals surface area contributed by atoms with Crippen LogP contribution in [0.15, 0.2) is 29.6 Å². The Hall–Kier alpha value is -1.92. The Morgan fingerprint density at radius 3 is 2.73 bits per heavy atom. The van der Waals surface area contributed by atoms with Gasteiger partial charge in [-0.1, -0.05) is 0 Å². The minimum Gasteiger partial charge on any atom is -0.487 e. The second kappa shape index (κ2) is 7.91. The van der Waals surface area contributed by atoms with Gasteiger partial charge in [-0.2, -0.15) is 0 Å². The molecule has 0 aliphatic carbocycles. The topological polar surface area (TPSA) is 60.5 Å². The van der Waals surface area contributed by atoms with E-state index in [2.05, 4.69) is 10.3 Å². The summed E-state index contributed by atoms with van der Waals surface area (Å²) in [5.41, 5.74) is 1.48. The number of nitrogens with one attached hydrogen (secondary N) is 1. The molecule has 0 aliphatic heterocycles. The maximum Gasteiger partial charge on any atom is 0.251 e. The van der Waals surface area contributed by atoms with Gasteiger partial charge < -0.3 is 14.8 Å². The fraction of sp³-hybridized carbons (Fsp3) is 0.375. The molecule has 1 unspecified atom stereocenters. The predicted molar refractivity (Wildman–Crippen MR) is 86.3 cm³/mol. The lowest BCUT2D eigenvalue weighted by molar-refractivity contribution is 0.0760. The number of carbonyl (C=O) groups excluding carboxylic acids is 1. The van der Waals surface area contributed by atoms with Gasteiger partial charge in [0.15, 0.2) is 0 Å². The number of carbonyl (C=O) groups is 1. The van der Waals surface area contributed by atoms with Crippen LogP contribution in [-0.2, 0) is 11.3 Å². The van der Waals surface area contributed by atoms with Gasteiger partial charge in [-0.3, -0.25) is 4.79 Å². The minimum absolute atomic E-state index is 0.00981. The van der Waals surface area contributed by atoms with Crippen LogP contribution in [0.25, 0.3) is 0 Å². The molecule has 118 valence electrons. The number of benzene rings is 1. The molecule has 2 rings (SSSR count). The smallest absolute Gasteiger partial charge is 0.251 e. The van der Waals surface area contributed by atoms with Crippen molar-refractivity contribution in [3.63, 3.8) is 0 Å². The lowest BCUT2D eigenvalue weighted by Gasteiger charge is -2.07. The Bertz CT molecular complexity index is 610. The Labute approximate surface area is 134 Å². The van der Waals surface area contributed by atoms with E-state index in [4.69, 9.17) is 9.47 Å². The third-order valence-corrected chi connectivity index (χ3v) is 4.12. The summed E-state index contributed by atoms with van der Waals surface area (Å²) in [5.74, 6) is 0.598. The first-order valence-electron chi connectivity index (χ1n) is 7.15. The van der Waals surface area contributed by atoms with Crippen molar-refractivity contribution in [3.8, 4) is 5.75 Å². The second-order valence-corrected chi connectivity index (χ2v) is 5.56. The number of nitrogens with zero attached hydrogens (tertiary/aromatic N) is 1. The lowest BCUT2D eigenvalue weighted by Crippen LogP contribution is -2.17. The van der Waals surface area contributed by atoms with Gasteiger partial charge in [-0.05, 0) is 38.1 Å². The monoisotopic (exact) mass is 320 g/mol. The zero-order chi connectivity index (χ0) is 15.9. The van der Waals surface area contributed by atoms with E-state index < -0.39 is 0 Å². The highest BCUT2D eigenvalue weighted by atomic mass is 32.1. The summed E-state index contributed by atoms with van der Waals surface area (Å²) in [7, 11) is 1.61. The lowest BCUT2D eigenvalue weighted by atomic mass is 10.2. The normalized spacial score (nSPS) is 12.0. The fourth-order valence-corrected chi connectivity index (χ4v) is 2.71. The van der Waals surface area contributed by atoms with Crippen molar-refractivity contribution >= 4 is 17.2 Å². The highest BCUT2D eigenvalue weighted by Gasteiger charge is 2.10. The zero-order valence-corrected chi connectivity index (χ0v) is 13.8. The van der Waals surface area contributed by atoms with Gasteiger partial charge in [0, 0.05) is 24.6 Å². The molecule has 0 saturated heterocycles. The largest absolute Gasteiger partial charge is 0.487 e. The fourth-order valence-electron chi connectivity index (χ4n) is 1.90. The molecule has 0 spiro atoms. The summed E-state index contributed by atoms with van der Waals surface area (Å²) in [4.78, 5) is 16.0. The van der Waals surface area contributed by atoms with Crippen molar-refractivity contribution in [1.82, 2.24) is 10.3 Å². The summed E-state index contributed by atoms with van der Waals surface area (Å²) in [6.45, 7) is 5.03. The molecule has 5 nitrogen and oxygen atoms in total. The molecule has 0 fully saturated rings. The van der Waals surface area contributed by atoms with Crippen molar-refractivity contribution in [2.24, 2.45) is 0 Å². The first-order chi connectivity index (χ1) is 10.6. The average molecular weight is 320 g/mol. The molecular weight excluding hydrogens is 300 g/mol. The third-order valence-electron chi connectivity index (χ3n) is 3.06. The van der Waals surface area contributed by atoms with Gasteiger partial charge >= 0.3 is 0 Å². The summed E-state index contributed by atoms with van der Waals surface area (Å²) in [6, 6.07) is 7.02. The number of thiazole rings is 1. The standard InChI is InChI=1S/C16H20N2O3S/c1-4-20-11(2)16-18-13(10-22-16)9-21-14-7-5-12(6-8-14)15(19)17-3/h5-8,10-11H,4,9H2,1-3H3,(H,17,19). The van der Waals surface area contributed by atoms with Crippen LogP contribution < -0.4 is 10.1 Å². The maximum atomic E-state index is 11.5. The molecule has 1 aromatic heterocycles. The van der Waals surface area contributed by atoms with Crippen LogP contribution in [0.1, 0.15) is 41.0 Å². The molecule has 1 atom stereocenters. The van der Waals surface area contributed by atoms with Gasteiger partial charge in [-0.25, -0.2) is 4.98 Å². The SMILES string of the molecule is CCOC(C)c1nc(COc2ccc(C(=O)NC)cc2)cs1. The summed E-state index contributed by atoms with van der Waals surface area (Å²) in [5, 5.41) is 5.51. The first kappa shape index (κ1) is 16.5. The van der Waals surface area contributed by atoms with E-state index >= 15 is 0 Å². The Balaban J connectivity index is 1.91. The van der Waals surface area contributed by atoms with Crippen molar-refractivity contribution in [3.05, 3.63) is 45.9 Å². The zero-order valence-electron chi connectivity index (χ0n) is 13.0. The van der Waals surface area contributed by atoms with E-state index in [9.17, 15) is 4.79 Å². The van der Waals surface area contributed by atoms with E-state index in [1.807, 2.05) is 19.2 Å². The third kappa shape index (κ3) is 4.29. The molecule has 6 heteroatoms. The van der Waals surface area contributed by atoms with Gasteiger partial charge in [-0.15, -0.1) is 11.3 Å². The van der Waals surface area contributed by atoms with Crippen LogP contribution in [-0.4, -0.2) is 24.5 Å². The molecule has 0 aliphatic rings. The number of rotatable bonds is 7. The Kier molecular flexibility index (Phi) is 5.91. The first-order valence-corrected chi connectivity index (χ1v) is 8.02. The Morgan fingerprint density at radius 1 is 1.36 bits per heavy atom. The van der Waals surface area contributed by atoms with Gasteiger partial charge in [0.1, 0.15) is 23.5 Å². The summed E-state index contributed by atoms with van der Waals surface area (Å²) in [6.07, 6.45) is 0.00981. The van der Waals surface area contributed by atoms with E-state index in [0.717, 1.165) is 10.7 Å². The van der Waals surface area contributed by atoms with Gasteiger partial charge in [0.25, 0.3) is 5.91 Å². The van der Waals surface area contributed by atoms with Gasteiger partial charge in [0.2, 0.25) is 0 Å². The van der Waals surface area contributed by atoms with Crippen LogP contribution >= 0.6 is 11.3 Å². The van der Waals surface area contributed by atoms with Crippen LogP contribution in [0, 0.1) is 0 Å². The molecule has 2 aromatic rings. The molecule has 0 bridgehead atoms. The summed E-state index contributed by atoms with van der Waals surface area (Å²) >= 11 is 1.57. The van der Waals surface area contributed by atoms with Crippen LogP contribution in [0.4, 0.5) is 0 Å². The molecular formula is C16H20N2O3S. The number of aromatic nitrogens is 1. The molecule has 1 N–H and O–H groups in total. The van der Waals surface area contributed by atoms with E-state index in [1.165, 1.54) is 0 Å². The average Bonchev–Trinajstić information content (AvgIpc) is 3.02. The summed E-state index contributed by atoms with van der Waals surface area (Å²) < 4.78 is 11.2. The molecule has 22 heavy (non-hydrogen) atoms. The van der Waals surface area contributed by atoms with Crippen molar-refractivity contribution in [1.29, 1.82) is 0 Å². The molecule has 1 heterocycles. The second-order valence-electron chi connectivity index (χ2n) is 4.67. The number of ether oxygens (including phenoxy) is 2.